The van der Waals surface area contributed by atoms with Gasteiger partial charge >= 0.3 is 0 Å². The lowest BCUT2D eigenvalue weighted by Gasteiger charge is -1.93. The van der Waals surface area contributed by atoms with Gasteiger partial charge in [-0.3, -0.25) is 0 Å². The van der Waals surface area contributed by atoms with Crippen molar-refractivity contribution in [1.82, 2.24) is 15.2 Å². The molecule has 2 rings (SSSR count). The zero-order valence-electron chi connectivity index (χ0n) is 6.14. The first-order valence-electron chi connectivity index (χ1n) is 3.35. The van der Waals surface area contributed by atoms with E-state index < -0.39 is 0 Å². The molecule has 0 aliphatic rings. The van der Waals surface area contributed by atoms with Crippen LogP contribution in [0.25, 0.3) is 11.6 Å². The molecule has 0 saturated heterocycles. The number of rotatable bonds is 1. The molecule has 5 heteroatoms. The van der Waals surface area contributed by atoms with E-state index in [9.17, 15) is 0 Å². The van der Waals surface area contributed by atoms with E-state index in [0.29, 0.717) is 17.4 Å². The fourth-order valence-electron chi connectivity index (χ4n) is 0.855. The van der Waals surface area contributed by atoms with Gasteiger partial charge in [0.1, 0.15) is 11.5 Å². The molecule has 0 aromatic carbocycles. The van der Waals surface area contributed by atoms with Crippen LogP contribution in [-0.2, 0) is 0 Å². The largest absolute Gasteiger partial charge is 0.422 e. The van der Waals surface area contributed by atoms with E-state index in [1.165, 1.54) is 6.39 Å². The standard InChI is InChI=1S/C7H6N4O/c8-6-3-1-2-5(10-6)7-11-9-4-12-7/h1-4H,(H2,8,10). The molecular formula is C7H6N4O. The number of nitrogen functional groups attached to an aromatic ring is 1. The quantitative estimate of drug-likeness (QED) is 0.668. The summed E-state index contributed by atoms with van der Waals surface area (Å²) >= 11 is 0. The molecule has 0 aliphatic carbocycles. The van der Waals surface area contributed by atoms with Crippen LogP contribution in [0.4, 0.5) is 5.82 Å². The number of nitrogens with two attached hydrogens (primary N) is 1. The lowest BCUT2D eigenvalue weighted by Crippen LogP contribution is -1.91. The minimum Gasteiger partial charge on any atom is -0.422 e. The number of nitrogens with zero attached hydrogens (tertiary/aromatic N) is 3. The van der Waals surface area contributed by atoms with Gasteiger partial charge in [0, 0.05) is 0 Å². The van der Waals surface area contributed by atoms with E-state index in [0.717, 1.165) is 0 Å². The van der Waals surface area contributed by atoms with Gasteiger partial charge in [0.2, 0.25) is 6.39 Å². The smallest absolute Gasteiger partial charge is 0.266 e. The Labute approximate surface area is 68.3 Å². The van der Waals surface area contributed by atoms with Crippen molar-refractivity contribution in [1.29, 1.82) is 0 Å². The van der Waals surface area contributed by atoms with Crippen LogP contribution in [0.1, 0.15) is 0 Å². The van der Waals surface area contributed by atoms with Crippen molar-refractivity contribution in [3.05, 3.63) is 24.6 Å². The van der Waals surface area contributed by atoms with Gasteiger partial charge in [-0.25, -0.2) is 4.98 Å². The van der Waals surface area contributed by atoms with Crippen molar-refractivity contribution in [2.75, 3.05) is 5.73 Å². The van der Waals surface area contributed by atoms with Gasteiger partial charge in [0.15, 0.2) is 0 Å². The molecule has 0 bridgehead atoms. The number of pyridine rings is 1. The normalized spacial score (nSPS) is 10.0. The molecule has 60 valence electrons. The highest BCUT2D eigenvalue weighted by Gasteiger charge is 2.03. The molecule has 5 nitrogen and oxygen atoms in total. The average Bonchev–Trinajstić information content (AvgIpc) is 2.56. The molecule has 2 N–H and O–H groups in total. The van der Waals surface area contributed by atoms with Crippen molar-refractivity contribution >= 4 is 5.82 Å². The fourth-order valence-corrected chi connectivity index (χ4v) is 0.855. The summed E-state index contributed by atoms with van der Waals surface area (Å²) in [6, 6.07) is 5.23. The Kier molecular flexibility index (Phi) is 1.48. The van der Waals surface area contributed by atoms with Gasteiger partial charge in [-0.1, -0.05) is 6.07 Å². The molecule has 2 aromatic heterocycles. The van der Waals surface area contributed by atoms with Crippen LogP contribution in [0.5, 0.6) is 0 Å². The molecule has 0 spiro atoms. The third kappa shape index (κ3) is 1.12. The summed E-state index contributed by atoms with van der Waals surface area (Å²) in [5.74, 6) is 0.813. The first-order valence-corrected chi connectivity index (χ1v) is 3.35. The highest BCUT2D eigenvalue weighted by molar-refractivity contribution is 5.49. The minimum atomic E-state index is 0.377. The van der Waals surface area contributed by atoms with Crippen LogP contribution < -0.4 is 5.73 Å². The molecule has 0 atom stereocenters. The molecule has 0 unspecified atom stereocenters. The highest BCUT2D eigenvalue weighted by atomic mass is 16.4. The van der Waals surface area contributed by atoms with E-state index in [1.54, 1.807) is 18.2 Å². The molecule has 0 aliphatic heterocycles. The maximum Gasteiger partial charge on any atom is 0.266 e. The summed E-state index contributed by atoms with van der Waals surface area (Å²) in [5.41, 5.74) is 6.05. The summed E-state index contributed by atoms with van der Waals surface area (Å²) in [6.45, 7) is 0. The predicted molar refractivity (Wildman–Crippen MR) is 41.9 cm³/mol. The van der Waals surface area contributed by atoms with Crippen LogP contribution in [0, 0.1) is 0 Å². The number of anilines is 1. The number of hydrogen-bond acceptors (Lipinski definition) is 5. The Morgan fingerprint density at radius 3 is 2.92 bits per heavy atom. The van der Waals surface area contributed by atoms with Crippen LogP contribution >= 0.6 is 0 Å². The molecule has 0 saturated carbocycles. The first-order chi connectivity index (χ1) is 5.86. The maximum atomic E-state index is 5.46. The summed E-state index contributed by atoms with van der Waals surface area (Å²) in [7, 11) is 0. The van der Waals surface area contributed by atoms with Gasteiger partial charge in [0.05, 0.1) is 0 Å². The predicted octanol–water partition coefficient (Wildman–Crippen LogP) is 0.714. The van der Waals surface area contributed by atoms with Gasteiger partial charge in [-0.15, -0.1) is 10.2 Å². The van der Waals surface area contributed by atoms with E-state index in [-0.39, 0.29) is 0 Å². The van der Waals surface area contributed by atoms with E-state index in [4.69, 9.17) is 10.2 Å². The van der Waals surface area contributed by atoms with Crippen molar-refractivity contribution in [3.63, 3.8) is 0 Å². The molecule has 2 aromatic rings. The summed E-state index contributed by atoms with van der Waals surface area (Å²) in [6.07, 6.45) is 1.25. The zero-order chi connectivity index (χ0) is 8.39. The average molecular weight is 162 g/mol. The van der Waals surface area contributed by atoms with Gasteiger partial charge in [-0.05, 0) is 12.1 Å². The van der Waals surface area contributed by atoms with Crippen molar-refractivity contribution in [2.24, 2.45) is 0 Å². The monoisotopic (exact) mass is 162 g/mol. The molecular weight excluding hydrogens is 156 g/mol. The maximum absolute atomic E-state index is 5.46. The van der Waals surface area contributed by atoms with Crippen LogP contribution in [0.3, 0.4) is 0 Å². The van der Waals surface area contributed by atoms with Gasteiger partial charge < -0.3 is 10.2 Å². The fraction of sp³-hybridized carbons (Fsp3) is 0. The van der Waals surface area contributed by atoms with Crippen molar-refractivity contribution in [3.8, 4) is 11.6 Å². The van der Waals surface area contributed by atoms with Gasteiger partial charge in [0.25, 0.3) is 5.89 Å². The summed E-state index contributed by atoms with van der Waals surface area (Å²) in [5, 5.41) is 7.22. The Bertz CT molecular complexity index is 371. The van der Waals surface area contributed by atoms with Crippen LogP contribution in [0.15, 0.2) is 29.0 Å². The number of hydrogen-bond donors (Lipinski definition) is 1. The molecule has 0 radical (unpaired) electrons. The second-order valence-corrected chi connectivity index (χ2v) is 2.19. The highest BCUT2D eigenvalue weighted by Crippen LogP contribution is 2.13. The van der Waals surface area contributed by atoms with Crippen molar-refractivity contribution in [2.45, 2.75) is 0 Å². The zero-order valence-corrected chi connectivity index (χ0v) is 6.14. The minimum absolute atomic E-state index is 0.377. The van der Waals surface area contributed by atoms with E-state index in [2.05, 4.69) is 15.2 Å². The Balaban J connectivity index is 2.48. The third-order valence-corrected chi connectivity index (χ3v) is 1.35. The van der Waals surface area contributed by atoms with Crippen LogP contribution in [0.2, 0.25) is 0 Å². The SMILES string of the molecule is Nc1cccc(-c2nnco2)n1. The Morgan fingerprint density at radius 1 is 1.33 bits per heavy atom. The molecule has 0 fully saturated rings. The van der Waals surface area contributed by atoms with E-state index >= 15 is 0 Å². The number of aromatic nitrogens is 3. The summed E-state index contributed by atoms with van der Waals surface area (Å²) < 4.78 is 4.93. The lowest BCUT2D eigenvalue weighted by atomic mass is 10.3. The second kappa shape index (κ2) is 2.61. The molecule has 12 heavy (non-hydrogen) atoms. The lowest BCUT2D eigenvalue weighted by molar-refractivity contribution is 0.566. The first kappa shape index (κ1) is 6.78. The van der Waals surface area contributed by atoms with Crippen molar-refractivity contribution < 1.29 is 4.42 Å². The Morgan fingerprint density at radius 2 is 2.25 bits per heavy atom. The van der Waals surface area contributed by atoms with Gasteiger partial charge in [-0.2, -0.15) is 0 Å². The molecule has 0 amide bonds. The van der Waals surface area contributed by atoms with E-state index in [1.807, 2.05) is 0 Å². The Hall–Kier alpha value is -1.91. The van der Waals surface area contributed by atoms with Crippen LogP contribution in [-0.4, -0.2) is 15.2 Å². The molecule has 2 heterocycles. The summed E-state index contributed by atoms with van der Waals surface area (Å²) in [4.78, 5) is 4.00. The third-order valence-electron chi connectivity index (χ3n) is 1.35. The topological polar surface area (TPSA) is 77.8 Å². The second-order valence-electron chi connectivity index (χ2n) is 2.19.